The van der Waals surface area contributed by atoms with Crippen molar-refractivity contribution in [1.82, 2.24) is 0 Å². The van der Waals surface area contributed by atoms with E-state index in [2.05, 4.69) is 0 Å². The van der Waals surface area contributed by atoms with E-state index in [1.807, 2.05) is 61.5 Å². The topological polar surface area (TPSA) is 35.5 Å². The van der Waals surface area contributed by atoms with Crippen LogP contribution in [-0.2, 0) is 18.0 Å². The summed E-state index contributed by atoms with van der Waals surface area (Å²) in [6, 6.07) is 17.8. The molecule has 24 heavy (non-hydrogen) atoms. The zero-order chi connectivity index (χ0) is 16.5. The predicted molar refractivity (Wildman–Crippen MR) is 94.4 cm³/mol. The number of aryl methyl sites for hydroxylation is 1. The van der Waals surface area contributed by atoms with Crippen molar-refractivity contribution < 1.29 is 14.3 Å². The lowest BCUT2D eigenvalue weighted by molar-refractivity contribution is 0.0478. The molecule has 2 aromatic carbocycles. The number of benzene rings is 2. The third-order valence-electron chi connectivity index (χ3n) is 4.02. The van der Waals surface area contributed by atoms with E-state index in [9.17, 15) is 4.79 Å². The summed E-state index contributed by atoms with van der Waals surface area (Å²) in [6.45, 7) is 2.81. The molecule has 0 radical (unpaired) electrons. The summed E-state index contributed by atoms with van der Waals surface area (Å²) >= 11 is 1.47. The highest BCUT2D eigenvalue weighted by atomic mass is 32.1. The number of para-hydroxylation sites is 1. The molecule has 4 heteroatoms. The standard InChI is InChI=1S/C20H16O3S/c1-13-6-8-14(9-7-13)11-23-20(21)18-10-15-12-22-17-5-3-2-4-16(17)19(15)24-18/h2-10H,11-12H2,1H3. The van der Waals surface area contributed by atoms with Gasteiger partial charge in [-0.1, -0.05) is 42.0 Å². The van der Waals surface area contributed by atoms with Gasteiger partial charge in [0.15, 0.2) is 0 Å². The van der Waals surface area contributed by atoms with Gasteiger partial charge in [0.1, 0.15) is 23.8 Å². The van der Waals surface area contributed by atoms with E-state index in [1.54, 1.807) is 0 Å². The minimum Gasteiger partial charge on any atom is -0.488 e. The van der Waals surface area contributed by atoms with Crippen molar-refractivity contribution >= 4 is 17.3 Å². The first kappa shape index (κ1) is 15.0. The van der Waals surface area contributed by atoms with Crippen molar-refractivity contribution in [2.75, 3.05) is 0 Å². The lowest BCUT2D eigenvalue weighted by Crippen LogP contribution is -2.03. The summed E-state index contributed by atoms with van der Waals surface area (Å²) in [6.07, 6.45) is 0. The summed E-state index contributed by atoms with van der Waals surface area (Å²) in [4.78, 5) is 14.1. The monoisotopic (exact) mass is 336 g/mol. The van der Waals surface area contributed by atoms with E-state index >= 15 is 0 Å². The number of rotatable bonds is 3. The normalized spacial score (nSPS) is 12.0. The van der Waals surface area contributed by atoms with Gasteiger partial charge in [-0.3, -0.25) is 0 Å². The summed E-state index contributed by atoms with van der Waals surface area (Å²) in [5.74, 6) is 0.582. The van der Waals surface area contributed by atoms with Crippen molar-refractivity contribution in [1.29, 1.82) is 0 Å². The number of hydrogen-bond acceptors (Lipinski definition) is 4. The van der Waals surface area contributed by atoms with Crippen LogP contribution in [0.2, 0.25) is 0 Å². The number of ether oxygens (including phenoxy) is 2. The fraction of sp³-hybridized carbons (Fsp3) is 0.150. The summed E-state index contributed by atoms with van der Waals surface area (Å²) in [7, 11) is 0. The fourth-order valence-electron chi connectivity index (χ4n) is 2.70. The van der Waals surface area contributed by atoms with Crippen molar-refractivity contribution in [2.45, 2.75) is 20.1 Å². The van der Waals surface area contributed by atoms with Crippen molar-refractivity contribution in [3.63, 3.8) is 0 Å². The molecule has 1 aliphatic rings. The van der Waals surface area contributed by atoms with E-state index in [0.717, 1.165) is 27.3 Å². The Morgan fingerprint density at radius 3 is 2.79 bits per heavy atom. The summed E-state index contributed by atoms with van der Waals surface area (Å²) in [5.41, 5.74) is 4.26. The molecular formula is C20H16O3S. The van der Waals surface area contributed by atoms with Crippen LogP contribution in [0.15, 0.2) is 54.6 Å². The third-order valence-corrected chi connectivity index (χ3v) is 5.21. The second-order valence-electron chi connectivity index (χ2n) is 5.81. The molecule has 0 unspecified atom stereocenters. The van der Waals surface area contributed by atoms with Gasteiger partial charge in [-0.15, -0.1) is 11.3 Å². The fourth-order valence-corrected chi connectivity index (χ4v) is 3.80. The third kappa shape index (κ3) is 2.81. The zero-order valence-electron chi connectivity index (χ0n) is 13.2. The number of carbonyl (C=O) groups excluding carboxylic acids is 1. The van der Waals surface area contributed by atoms with E-state index in [1.165, 1.54) is 16.9 Å². The van der Waals surface area contributed by atoms with Gasteiger partial charge >= 0.3 is 5.97 Å². The molecule has 0 atom stereocenters. The first-order valence-corrected chi connectivity index (χ1v) is 8.60. The van der Waals surface area contributed by atoms with Gasteiger partial charge in [-0.25, -0.2) is 4.79 Å². The molecule has 2 heterocycles. The highest BCUT2D eigenvalue weighted by molar-refractivity contribution is 7.17. The second-order valence-corrected chi connectivity index (χ2v) is 6.86. The lowest BCUT2D eigenvalue weighted by atomic mass is 10.1. The molecule has 1 aromatic heterocycles. The molecule has 1 aliphatic heterocycles. The molecule has 0 saturated carbocycles. The van der Waals surface area contributed by atoms with Gasteiger partial charge in [0.05, 0.1) is 0 Å². The molecule has 0 saturated heterocycles. The van der Waals surface area contributed by atoms with Gasteiger partial charge in [0, 0.05) is 16.0 Å². The van der Waals surface area contributed by atoms with E-state index in [4.69, 9.17) is 9.47 Å². The van der Waals surface area contributed by atoms with Gasteiger partial charge in [-0.05, 0) is 30.7 Å². The first-order chi connectivity index (χ1) is 11.7. The molecule has 0 bridgehead atoms. The van der Waals surface area contributed by atoms with Gasteiger partial charge in [-0.2, -0.15) is 0 Å². The molecule has 3 aromatic rings. The Labute approximate surface area is 144 Å². The number of thiophene rings is 1. The number of hydrogen-bond donors (Lipinski definition) is 0. The molecule has 0 aliphatic carbocycles. The van der Waals surface area contributed by atoms with E-state index in [-0.39, 0.29) is 12.6 Å². The van der Waals surface area contributed by atoms with Crippen LogP contribution < -0.4 is 4.74 Å². The van der Waals surface area contributed by atoms with E-state index in [0.29, 0.717) is 11.5 Å². The van der Waals surface area contributed by atoms with Crippen LogP contribution in [0.25, 0.3) is 10.4 Å². The van der Waals surface area contributed by atoms with Crippen LogP contribution in [-0.4, -0.2) is 5.97 Å². The first-order valence-electron chi connectivity index (χ1n) is 7.78. The van der Waals surface area contributed by atoms with Gasteiger partial charge in [0.25, 0.3) is 0 Å². The summed E-state index contributed by atoms with van der Waals surface area (Å²) in [5, 5.41) is 0. The Morgan fingerprint density at radius 2 is 1.96 bits per heavy atom. The van der Waals surface area contributed by atoms with Crippen LogP contribution in [0.5, 0.6) is 5.75 Å². The predicted octanol–water partition coefficient (Wildman–Crippen LogP) is 4.97. The van der Waals surface area contributed by atoms with Crippen molar-refractivity contribution in [3.8, 4) is 16.2 Å². The molecule has 0 N–H and O–H groups in total. The maximum Gasteiger partial charge on any atom is 0.348 e. The quantitative estimate of drug-likeness (QED) is 0.633. The van der Waals surface area contributed by atoms with E-state index < -0.39 is 0 Å². The Balaban J connectivity index is 1.52. The average Bonchev–Trinajstić information content (AvgIpc) is 3.06. The highest BCUT2D eigenvalue weighted by Crippen LogP contribution is 2.42. The summed E-state index contributed by atoms with van der Waals surface area (Å²) < 4.78 is 11.2. The smallest absolute Gasteiger partial charge is 0.348 e. The molecule has 0 amide bonds. The number of carbonyl (C=O) groups is 1. The molecule has 4 rings (SSSR count). The molecule has 0 spiro atoms. The van der Waals surface area contributed by atoms with Crippen LogP contribution >= 0.6 is 11.3 Å². The number of esters is 1. The minimum atomic E-state index is -0.285. The molecule has 120 valence electrons. The molecule has 0 fully saturated rings. The Bertz CT molecular complexity index is 894. The van der Waals surface area contributed by atoms with Crippen LogP contribution in [0.3, 0.4) is 0 Å². The molecular weight excluding hydrogens is 320 g/mol. The number of fused-ring (bicyclic) bond motifs is 3. The van der Waals surface area contributed by atoms with Crippen molar-refractivity contribution in [2.24, 2.45) is 0 Å². The Morgan fingerprint density at radius 1 is 1.17 bits per heavy atom. The second kappa shape index (κ2) is 6.13. The van der Waals surface area contributed by atoms with Gasteiger partial charge in [0.2, 0.25) is 0 Å². The highest BCUT2D eigenvalue weighted by Gasteiger charge is 2.22. The van der Waals surface area contributed by atoms with Crippen LogP contribution in [0.1, 0.15) is 26.4 Å². The van der Waals surface area contributed by atoms with Gasteiger partial charge < -0.3 is 9.47 Å². The van der Waals surface area contributed by atoms with Crippen molar-refractivity contribution in [3.05, 3.63) is 76.2 Å². The maximum absolute atomic E-state index is 12.4. The minimum absolute atomic E-state index is 0.285. The SMILES string of the molecule is Cc1ccc(COC(=O)c2cc3c(s2)-c2ccccc2OC3)cc1. The largest absolute Gasteiger partial charge is 0.488 e. The zero-order valence-corrected chi connectivity index (χ0v) is 14.1. The van der Waals surface area contributed by atoms with Crippen LogP contribution in [0.4, 0.5) is 0 Å². The lowest BCUT2D eigenvalue weighted by Gasteiger charge is -2.16. The average molecular weight is 336 g/mol. The van der Waals surface area contributed by atoms with Crippen LogP contribution in [0, 0.1) is 6.92 Å². The molecule has 3 nitrogen and oxygen atoms in total. The maximum atomic E-state index is 12.4. The Hall–Kier alpha value is -2.59. The Kier molecular flexibility index (Phi) is 3.82.